The highest BCUT2D eigenvalue weighted by atomic mass is 31.2. The molecule has 0 unspecified atom stereocenters. The van der Waals surface area contributed by atoms with E-state index in [0.29, 0.717) is 0 Å². The van der Waals surface area contributed by atoms with Gasteiger partial charge in [0, 0.05) is 5.54 Å². The molecule has 0 saturated heterocycles. The maximum absolute atomic E-state index is 13.0. The van der Waals surface area contributed by atoms with E-state index in [9.17, 15) is 4.57 Å². The van der Waals surface area contributed by atoms with Crippen molar-refractivity contribution >= 4 is 7.14 Å². The zero-order valence-corrected chi connectivity index (χ0v) is 17.1. The Morgan fingerprint density at radius 1 is 1.00 bits per heavy atom. The second kappa shape index (κ2) is 7.09. The molecule has 3 nitrogen and oxygen atoms in total. The van der Waals surface area contributed by atoms with E-state index in [4.69, 9.17) is 4.84 Å². The monoisotopic (exact) mass is 339 g/mol. The van der Waals surface area contributed by atoms with Gasteiger partial charge in [0.25, 0.3) is 0 Å². The molecule has 0 aromatic heterocycles. The summed E-state index contributed by atoms with van der Waals surface area (Å²) in [4.78, 5) is 6.38. The smallest absolute Gasteiger partial charge is 0.102 e. The molecule has 0 fully saturated rings. The maximum atomic E-state index is 13.0. The van der Waals surface area contributed by atoms with Crippen LogP contribution in [0.1, 0.15) is 60.1 Å². The lowest BCUT2D eigenvalue weighted by molar-refractivity contribution is -0.261. The van der Waals surface area contributed by atoms with Crippen LogP contribution in [0.15, 0.2) is 30.3 Å². The van der Waals surface area contributed by atoms with E-state index < -0.39 is 7.14 Å². The van der Waals surface area contributed by atoms with Gasteiger partial charge in [-0.25, -0.2) is 0 Å². The highest BCUT2D eigenvalue weighted by Crippen LogP contribution is 2.54. The predicted molar refractivity (Wildman–Crippen MR) is 100 cm³/mol. The number of hydroxylamine groups is 2. The third-order valence-electron chi connectivity index (χ3n) is 3.79. The average Bonchev–Trinajstić information content (AvgIpc) is 2.34. The Morgan fingerprint density at radius 3 is 1.83 bits per heavy atom. The first-order valence-electron chi connectivity index (χ1n) is 8.30. The Labute approximate surface area is 142 Å². The molecular weight excluding hydrogens is 305 g/mol. The van der Waals surface area contributed by atoms with Crippen molar-refractivity contribution in [2.75, 3.05) is 13.3 Å². The van der Waals surface area contributed by atoms with Crippen LogP contribution in [0.4, 0.5) is 0 Å². The van der Waals surface area contributed by atoms with Gasteiger partial charge < -0.3 is 4.57 Å². The summed E-state index contributed by atoms with van der Waals surface area (Å²) in [6.07, 6.45) is -0.0909. The lowest BCUT2D eigenvalue weighted by Crippen LogP contribution is -2.53. The molecule has 0 spiro atoms. The van der Waals surface area contributed by atoms with Gasteiger partial charge >= 0.3 is 0 Å². The molecule has 0 saturated carbocycles. The number of hydrogen-bond acceptors (Lipinski definition) is 3. The molecule has 1 rings (SSSR count). The Hall–Kier alpha value is -0.630. The van der Waals surface area contributed by atoms with E-state index in [1.807, 2.05) is 43.5 Å². The normalized spacial score (nSPS) is 16.4. The van der Waals surface area contributed by atoms with Gasteiger partial charge in [0.1, 0.15) is 13.2 Å². The lowest BCUT2D eigenvalue weighted by atomic mass is 9.94. The first-order valence-corrected chi connectivity index (χ1v) is 11.0. The summed E-state index contributed by atoms with van der Waals surface area (Å²) < 4.78 is 13.0. The fourth-order valence-electron chi connectivity index (χ4n) is 3.07. The minimum Gasteiger partial charge on any atom is -0.322 e. The summed E-state index contributed by atoms with van der Waals surface area (Å²) in [7, 11) is -2.40. The molecule has 0 aliphatic rings. The molecule has 0 N–H and O–H groups in total. The molecule has 23 heavy (non-hydrogen) atoms. The number of benzene rings is 1. The second-order valence-corrected chi connectivity index (χ2v) is 12.2. The first-order chi connectivity index (χ1) is 10.2. The third-order valence-corrected chi connectivity index (χ3v) is 5.95. The topological polar surface area (TPSA) is 29.5 Å². The fraction of sp³-hybridized carbons (Fsp3) is 0.684. The van der Waals surface area contributed by atoms with Gasteiger partial charge in [-0.15, -0.1) is 0 Å². The quantitative estimate of drug-likeness (QED) is 0.503. The molecule has 0 radical (unpaired) electrons. The van der Waals surface area contributed by atoms with Crippen LogP contribution in [0.5, 0.6) is 0 Å². The van der Waals surface area contributed by atoms with Gasteiger partial charge in [-0.2, -0.15) is 5.06 Å². The lowest BCUT2D eigenvalue weighted by Gasteiger charge is -2.48. The van der Waals surface area contributed by atoms with Crippen molar-refractivity contribution in [1.82, 2.24) is 5.06 Å². The highest BCUT2D eigenvalue weighted by molar-refractivity contribution is 7.63. The zero-order valence-electron chi connectivity index (χ0n) is 16.3. The highest BCUT2D eigenvalue weighted by Gasteiger charge is 2.45. The van der Waals surface area contributed by atoms with Gasteiger partial charge in [0.15, 0.2) is 0 Å². The molecule has 0 aliphatic heterocycles. The molecule has 2 atom stereocenters. The molecule has 0 heterocycles. The van der Waals surface area contributed by atoms with Crippen LogP contribution in [-0.4, -0.2) is 29.7 Å². The number of rotatable bonds is 5. The van der Waals surface area contributed by atoms with Gasteiger partial charge in [0.05, 0.1) is 5.78 Å². The van der Waals surface area contributed by atoms with Crippen molar-refractivity contribution in [3.8, 4) is 0 Å². The second-order valence-electron chi connectivity index (χ2n) is 8.83. The van der Waals surface area contributed by atoms with Crippen LogP contribution in [0, 0.1) is 5.41 Å². The van der Waals surface area contributed by atoms with Gasteiger partial charge in [-0.05, 0) is 52.0 Å². The number of hydrogen-bond donors (Lipinski definition) is 0. The van der Waals surface area contributed by atoms with Crippen LogP contribution in [0.2, 0.25) is 0 Å². The summed E-state index contributed by atoms with van der Waals surface area (Å²) in [5.74, 6) is -0.152. The first kappa shape index (κ1) is 20.4. The van der Waals surface area contributed by atoms with E-state index in [1.54, 1.807) is 0 Å². The largest absolute Gasteiger partial charge is 0.322 e. The molecule has 0 amide bonds. The minimum absolute atomic E-state index is 0.0909. The van der Waals surface area contributed by atoms with Crippen LogP contribution < -0.4 is 0 Å². The molecular formula is C19H34NO2P. The molecule has 0 aliphatic carbocycles. The van der Waals surface area contributed by atoms with Crippen molar-refractivity contribution in [2.24, 2.45) is 5.41 Å². The Bertz CT molecular complexity index is 537. The SMILES string of the molecule is C[C@@H](ON([C@H](C(C)(C)C)P(C)(C)=O)C(C)(C)C)c1ccccc1. The van der Waals surface area contributed by atoms with E-state index in [1.165, 1.54) is 0 Å². The average molecular weight is 339 g/mol. The van der Waals surface area contributed by atoms with Crippen LogP contribution in [0.25, 0.3) is 0 Å². The van der Waals surface area contributed by atoms with Crippen LogP contribution >= 0.6 is 7.14 Å². The Balaban J connectivity index is 3.21. The van der Waals surface area contributed by atoms with E-state index in [0.717, 1.165) is 5.56 Å². The van der Waals surface area contributed by atoms with Crippen molar-refractivity contribution in [3.63, 3.8) is 0 Å². The summed E-state index contributed by atoms with van der Waals surface area (Å²) in [5.41, 5.74) is 0.724. The molecule has 1 aromatic carbocycles. The van der Waals surface area contributed by atoms with Crippen molar-refractivity contribution in [1.29, 1.82) is 0 Å². The maximum Gasteiger partial charge on any atom is 0.102 e. The predicted octanol–water partition coefficient (Wildman–Crippen LogP) is 5.77. The van der Waals surface area contributed by atoms with Crippen molar-refractivity contribution in [2.45, 2.75) is 65.9 Å². The Morgan fingerprint density at radius 2 is 1.48 bits per heavy atom. The standard InChI is InChI=1S/C19H34NO2P/c1-15(16-13-11-10-12-14-16)22-20(19(5,6)7)17(18(2,3)4)23(8,9)21/h10-15,17H,1-9H3/t15-,17+/m1/s1. The minimum atomic E-state index is -2.40. The van der Waals surface area contributed by atoms with Crippen molar-refractivity contribution in [3.05, 3.63) is 35.9 Å². The number of nitrogens with zero attached hydrogens (tertiary/aromatic N) is 1. The van der Waals surface area contributed by atoms with E-state index in [-0.39, 0.29) is 22.8 Å². The van der Waals surface area contributed by atoms with E-state index >= 15 is 0 Å². The molecule has 132 valence electrons. The van der Waals surface area contributed by atoms with Crippen LogP contribution in [-0.2, 0) is 9.40 Å². The van der Waals surface area contributed by atoms with Gasteiger partial charge in [0.2, 0.25) is 0 Å². The van der Waals surface area contributed by atoms with Crippen molar-refractivity contribution < 1.29 is 9.40 Å². The zero-order chi connectivity index (χ0) is 18.1. The third kappa shape index (κ3) is 5.74. The summed E-state index contributed by atoms with van der Waals surface area (Å²) in [6.45, 7) is 18.5. The molecule has 1 aromatic rings. The summed E-state index contributed by atoms with van der Waals surface area (Å²) >= 11 is 0. The summed E-state index contributed by atoms with van der Waals surface area (Å²) in [5, 5.41) is 1.98. The van der Waals surface area contributed by atoms with Gasteiger partial charge in [-0.1, -0.05) is 51.1 Å². The van der Waals surface area contributed by atoms with Crippen LogP contribution in [0.3, 0.4) is 0 Å². The molecule has 4 heteroatoms. The summed E-state index contributed by atoms with van der Waals surface area (Å²) in [6, 6.07) is 10.2. The van der Waals surface area contributed by atoms with Gasteiger partial charge in [-0.3, -0.25) is 4.84 Å². The molecule has 0 bridgehead atoms. The van der Waals surface area contributed by atoms with E-state index in [2.05, 4.69) is 53.7 Å². The Kier molecular flexibility index (Phi) is 6.29. The fourth-order valence-corrected chi connectivity index (χ4v) is 5.85.